The number of allylic oxidation sites excluding steroid dienone is 2. The first-order valence-corrected chi connectivity index (χ1v) is 5.70. The van der Waals surface area contributed by atoms with Gasteiger partial charge in [-0.3, -0.25) is 0 Å². The van der Waals surface area contributed by atoms with Gasteiger partial charge >= 0.3 is 6.16 Å². The summed E-state index contributed by atoms with van der Waals surface area (Å²) < 4.78 is 10.0. The van der Waals surface area contributed by atoms with E-state index in [1.807, 2.05) is 13.8 Å². The smallest absolute Gasteiger partial charge is 0.435 e. The maximum atomic E-state index is 11.2. The van der Waals surface area contributed by atoms with Crippen molar-refractivity contribution in [3.63, 3.8) is 0 Å². The average Bonchev–Trinajstić information content (AvgIpc) is 2.21. The second-order valence-corrected chi connectivity index (χ2v) is 4.25. The van der Waals surface area contributed by atoms with Crippen molar-refractivity contribution >= 4 is 6.16 Å². The fourth-order valence-corrected chi connectivity index (χ4v) is 1.81. The first-order chi connectivity index (χ1) is 7.54. The summed E-state index contributed by atoms with van der Waals surface area (Å²) in [6, 6.07) is 0. The lowest BCUT2D eigenvalue weighted by atomic mass is 9.84. The molecule has 0 spiro atoms. The van der Waals surface area contributed by atoms with E-state index in [-0.39, 0.29) is 6.10 Å². The summed E-state index contributed by atoms with van der Waals surface area (Å²) in [5.41, 5.74) is 2.24. The molecule has 0 fully saturated rings. The molecule has 1 aliphatic rings. The van der Waals surface area contributed by atoms with Crippen molar-refractivity contribution in [3.05, 3.63) is 23.8 Å². The van der Waals surface area contributed by atoms with Crippen LogP contribution < -0.4 is 0 Å². The molecule has 3 heteroatoms. The highest BCUT2D eigenvalue weighted by molar-refractivity contribution is 5.60. The molecule has 0 N–H and O–H groups in total. The quantitative estimate of drug-likeness (QED) is 0.544. The van der Waals surface area contributed by atoms with Gasteiger partial charge in [0, 0.05) is 0 Å². The van der Waals surface area contributed by atoms with Crippen LogP contribution in [0, 0.1) is 5.92 Å². The van der Waals surface area contributed by atoms with E-state index in [1.165, 1.54) is 0 Å². The topological polar surface area (TPSA) is 35.5 Å². The number of hydrogen-bond acceptors (Lipinski definition) is 3. The van der Waals surface area contributed by atoms with Gasteiger partial charge in [0.15, 0.2) is 0 Å². The second kappa shape index (κ2) is 5.73. The lowest BCUT2D eigenvalue weighted by Crippen LogP contribution is -2.26. The number of ether oxygens (including phenoxy) is 2. The Bertz CT molecular complexity index is 304. The van der Waals surface area contributed by atoms with Crippen LogP contribution in [-0.2, 0) is 9.47 Å². The van der Waals surface area contributed by atoms with Crippen LogP contribution >= 0.6 is 0 Å². The zero-order valence-corrected chi connectivity index (χ0v) is 10.3. The van der Waals surface area contributed by atoms with Gasteiger partial charge in [-0.25, -0.2) is 4.79 Å². The zero-order chi connectivity index (χ0) is 12.1. The summed E-state index contributed by atoms with van der Waals surface area (Å²) in [4.78, 5) is 11.2. The molecule has 0 amide bonds. The van der Waals surface area contributed by atoms with Crippen LogP contribution in [0.25, 0.3) is 0 Å². The Balaban J connectivity index is 2.58. The highest BCUT2D eigenvalue weighted by Gasteiger charge is 2.25. The molecule has 0 aromatic heterocycles. The molecule has 0 radical (unpaired) electrons. The summed E-state index contributed by atoms with van der Waals surface area (Å²) >= 11 is 0. The Kier molecular flexibility index (Phi) is 4.59. The molecule has 1 aliphatic carbocycles. The summed E-state index contributed by atoms with van der Waals surface area (Å²) in [5.74, 6) is 0.406. The molecular formula is C13H20O3. The third kappa shape index (κ3) is 3.40. The minimum Gasteiger partial charge on any atom is -0.435 e. The van der Waals surface area contributed by atoms with Gasteiger partial charge in [-0.05, 0) is 45.1 Å². The van der Waals surface area contributed by atoms with E-state index in [0.29, 0.717) is 12.5 Å². The molecule has 0 aromatic rings. The van der Waals surface area contributed by atoms with Crippen molar-refractivity contribution in [1.29, 1.82) is 0 Å². The number of hydrogen-bond donors (Lipinski definition) is 0. The van der Waals surface area contributed by atoms with E-state index < -0.39 is 6.16 Å². The molecule has 16 heavy (non-hydrogen) atoms. The van der Waals surface area contributed by atoms with Crippen LogP contribution in [0.5, 0.6) is 0 Å². The molecule has 0 saturated heterocycles. The first kappa shape index (κ1) is 12.8. The van der Waals surface area contributed by atoms with Crippen molar-refractivity contribution in [3.8, 4) is 0 Å². The monoisotopic (exact) mass is 224 g/mol. The molecule has 0 aliphatic heterocycles. The van der Waals surface area contributed by atoms with Crippen molar-refractivity contribution in [2.45, 2.75) is 39.7 Å². The first-order valence-electron chi connectivity index (χ1n) is 5.70. The van der Waals surface area contributed by atoms with E-state index in [4.69, 9.17) is 9.47 Å². The Hall–Kier alpha value is -1.25. The van der Waals surface area contributed by atoms with E-state index in [9.17, 15) is 4.79 Å². The number of carbonyl (C=O) groups excluding carboxylic acids is 1. The van der Waals surface area contributed by atoms with Gasteiger partial charge in [-0.15, -0.1) is 0 Å². The molecular weight excluding hydrogens is 204 g/mol. The summed E-state index contributed by atoms with van der Waals surface area (Å²) in [7, 11) is 0. The lowest BCUT2D eigenvalue weighted by Gasteiger charge is -2.28. The predicted octanol–water partition coefficient (Wildman–Crippen LogP) is 3.46. The molecule has 0 heterocycles. The largest absolute Gasteiger partial charge is 0.508 e. The predicted molar refractivity (Wildman–Crippen MR) is 63.2 cm³/mol. The Morgan fingerprint density at radius 3 is 2.88 bits per heavy atom. The normalized spacial score (nSPS) is 24.6. The van der Waals surface area contributed by atoms with Crippen molar-refractivity contribution in [2.24, 2.45) is 5.92 Å². The maximum Gasteiger partial charge on any atom is 0.508 e. The Labute approximate surface area is 97.1 Å². The van der Waals surface area contributed by atoms with E-state index in [0.717, 1.165) is 24.0 Å². The fourth-order valence-electron chi connectivity index (χ4n) is 1.81. The molecule has 1 unspecified atom stereocenters. The SMILES string of the molecule is C=C(C)[C@@H]1CC=C(C)C(OC(=O)OCC)C1. The summed E-state index contributed by atoms with van der Waals surface area (Å²) in [6.45, 7) is 10.1. The van der Waals surface area contributed by atoms with Gasteiger partial charge in [0.25, 0.3) is 0 Å². The van der Waals surface area contributed by atoms with Crippen LogP contribution in [0.1, 0.15) is 33.6 Å². The summed E-state index contributed by atoms with van der Waals surface area (Å²) in [6.07, 6.45) is 3.18. The fraction of sp³-hybridized carbons (Fsp3) is 0.615. The standard InChI is InChI=1S/C13H20O3/c1-5-15-13(14)16-12-8-11(9(2)3)7-6-10(12)4/h6,11-12H,2,5,7-8H2,1,3-4H3/t11-,12?/m1/s1. The van der Waals surface area contributed by atoms with Gasteiger partial charge in [-0.2, -0.15) is 0 Å². The van der Waals surface area contributed by atoms with Crippen LogP contribution in [0.2, 0.25) is 0 Å². The highest BCUT2D eigenvalue weighted by atomic mass is 16.7. The van der Waals surface area contributed by atoms with Gasteiger partial charge in [0.2, 0.25) is 0 Å². The van der Waals surface area contributed by atoms with Crippen LogP contribution in [0.15, 0.2) is 23.8 Å². The van der Waals surface area contributed by atoms with Crippen molar-refractivity contribution < 1.29 is 14.3 Å². The average molecular weight is 224 g/mol. The van der Waals surface area contributed by atoms with Gasteiger partial charge in [0.05, 0.1) is 6.61 Å². The molecule has 0 bridgehead atoms. The summed E-state index contributed by atoms with van der Waals surface area (Å²) in [5, 5.41) is 0. The van der Waals surface area contributed by atoms with E-state index in [1.54, 1.807) is 6.92 Å². The highest BCUT2D eigenvalue weighted by Crippen LogP contribution is 2.30. The molecule has 0 aromatic carbocycles. The van der Waals surface area contributed by atoms with E-state index in [2.05, 4.69) is 12.7 Å². The Morgan fingerprint density at radius 1 is 1.62 bits per heavy atom. The zero-order valence-electron chi connectivity index (χ0n) is 10.3. The van der Waals surface area contributed by atoms with E-state index >= 15 is 0 Å². The number of carbonyl (C=O) groups is 1. The van der Waals surface area contributed by atoms with Crippen molar-refractivity contribution in [2.75, 3.05) is 6.61 Å². The van der Waals surface area contributed by atoms with Gasteiger partial charge in [0.1, 0.15) is 6.10 Å². The van der Waals surface area contributed by atoms with Crippen LogP contribution in [-0.4, -0.2) is 18.9 Å². The minimum atomic E-state index is -0.581. The third-order valence-electron chi connectivity index (χ3n) is 2.93. The third-order valence-corrected chi connectivity index (χ3v) is 2.93. The molecule has 90 valence electrons. The minimum absolute atomic E-state index is 0.158. The van der Waals surface area contributed by atoms with Gasteiger partial charge in [-0.1, -0.05) is 18.2 Å². The van der Waals surface area contributed by atoms with Crippen molar-refractivity contribution in [1.82, 2.24) is 0 Å². The maximum absolute atomic E-state index is 11.2. The number of rotatable bonds is 3. The molecule has 2 atom stereocenters. The Morgan fingerprint density at radius 2 is 2.31 bits per heavy atom. The second-order valence-electron chi connectivity index (χ2n) is 4.25. The molecule has 3 nitrogen and oxygen atoms in total. The molecule has 0 saturated carbocycles. The van der Waals surface area contributed by atoms with Crippen LogP contribution in [0.3, 0.4) is 0 Å². The molecule has 1 rings (SSSR count). The van der Waals surface area contributed by atoms with Gasteiger partial charge < -0.3 is 9.47 Å². The van der Waals surface area contributed by atoms with Crippen LogP contribution in [0.4, 0.5) is 4.79 Å². The lowest BCUT2D eigenvalue weighted by molar-refractivity contribution is 0.0295.